The van der Waals surface area contributed by atoms with Crippen LogP contribution in [0, 0.1) is 11.8 Å². The standard InChI is InChI=1S/C19H22N4O4/c1-2-3-8-23-16(25)14-12(9-13(20)24)22-19(15(14)17(23)26)10-6-4-5-7-11(10)21-18(19)27/h4-7,12,14-15,22H,2-3,8-9H2,1H3,(H2,20,24)(H,21,27)/p+1/t12-,14+,15-,19-/m0/s1. The van der Waals surface area contributed by atoms with E-state index in [9.17, 15) is 19.2 Å². The van der Waals surface area contributed by atoms with Crippen molar-refractivity contribution in [2.24, 2.45) is 17.6 Å². The second-order valence-electron chi connectivity index (χ2n) is 7.55. The fourth-order valence-electron chi connectivity index (χ4n) is 4.94. The summed E-state index contributed by atoms with van der Waals surface area (Å²) in [6, 6.07) is 6.66. The maximum absolute atomic E-state index is 13.2. The van der Waals surface area contributed by atoms with Gasteiger partial charge < -0.3 is 16.4 Å². The van der Waals surface area contributed by atoms with Crippen molar-refractivity contribution in [3.63, 3.8) is 0 Å². The van der Waals surface area contributed by atoms with Crippen LogP contribution in [-0.4, -0.2) is 41.1 Å². The molecule has 0 aliphatic carbocycles. The molecule has 1 spiro atoms. The SMILES string of the molecule is CCCCN1C(=O)[C@@H]2[C@H](CC(N)=O)[NH2+][C@]3(C(=O)Nc4ccccc43)[C@@H]2C1=O. The van der Waals surface area contributed by atoms with E-state index in [1.165, 1.54) is 4.90 Å². The monoisotopic (exact) mass is 371 g/mol. The number of amides is 4. The molecule has 4 amide bonds. The highest BCUT2D eigenvalue weighted by Gasteiger charge is 2.74. The van der Waals surface area contributed by atoms with Gasteiger partial charge in [0.2, 0.25) is 23.3 Å². The number of carbonyl (C=O) groups is 4. The first kappa shape index (κ1) is 17.7. The number of hydrogen-bond donors (Lipinski definition) is 3. The molecule has 0 bridgehead atoms. The van der Waals surface area contributed by atoms with E-state index in [1.54, 1.807) is 29.6 Å². The van der Waals surface area contributed by atoms with E-state index in [1.807, 2.05) is 6.92 Å². The summed E-state index contributed by atoms with van der Waals surface area (Å²) in [6.45, 7) is 2.32. The summed E-state index contributed by atoms with van der Waals surface area (Å²) in [5.74, 6) is -3.03. The molecule has 0 saturated carbocycles. The number of rotatable bonds is 5. The quantitative estimate of drug-likeness (QED) is 0.577. The minimum Gasteiger partial charge on any atom is -0.369 e. The van der Waals surface area contributed by atoms with E-state index >= 15 is 0 Å². The topological polar surface area (TPSA) is 126 Å². The molecule has 4 atom stereocenters. The van der Waals surface area contributed by atoms with Gasteiger partial charge in [-0.1, -0.05) is 31.5 Å². The fraction of sp³-hybridized carbons (Fsp3) is 0.474. The lowest BCUT2D eigenvalue weighted by molar-refractivity contribution is -0.732. The van der Waals surface area contributed by atoms with Crippen molar-refractivity contribution >= 4 is 29.3 Å². The molecule has 0 unspecified atom stereocenters. The summed E-state index contributed by atoms with van der Waals surface area (Å²) in [5, 5.41) is 4.57. The molecule has 27 heavy (non-hydrogen) atoms. The van der Waals surface area contributed by atoms with Gasteiger partial charge in [0.15, 0.2) is 0 Å². The predicted octanol–water partition coefficient (Wildman–Crippen LogP) is -0.944. The number of unbranched alkanes of at least 4 members (excludes halogenated alkanes) is 1. The van der Waals surface area contributed by atoms with Gasteiger partial charge in [0.05, 0.1) is 12.1 Å². The Morgan fingerprint density at radius 2 is 2.00 bits per heavy atom. The number of para-hydroxylation sites is 1. The number of fused-ring (bicyclic) bond motifs is 4. The van der Waals surface area contributed by atoms with Crippen molar-refractivity contribution in [1.29, 1.82) is 0 Å². The summed E-state index contributed by atoms with van der Waals surface area (Å²) in [6.07, 6.45) is 1.49. The van der Waals surface area contributed by atoms with E-state index in [4.69, 9.17) is 5.73 Å². The van der Waals surface area contributed by atoms with Gasteiger partial charge in [-0.2, -0.15) is 0 Å². The van der Waals surface area contributed by atoms with E-state index in [2.05, 4.69) is 5.32 Å². The molecule has 8 nitrogen and oxygen atoms in total. The Kier molecular flexibility index (Phi) is 4.03. The molecule has 2 saturated heterocycles. The summed E-state index contributed by atoms with van der Waals surface area (Å²) in [5.41, 5.74) is 5.50. The number of benzene rings is 1. The second kappa shape index (κ2) is 6.16. The molecular weight excluding hydrogens is 348 g/mol. The van der Waals surface area contributed by atoms with Crippen LogP contribution in [0.25, 0.3) is 0 Å². The van der Waals surface area contributed by atoms with Gasteiger partial charge >= 0.3 is 0 Å². The molecule has 4 rings (SSSR count). The molecule has 0 aromatic heterocycles. The molecule has 1 aromatic carbocycles. The van der Waals surface area contributed by atoms with Gasteiger partial charge in [-0.15, -0.1) is 0 Å². The summed E-state index contributed by atoms with van der Waals surface area (Å²) < 4.78 is 0. The number of primary amides is 1. The third-order valence-electron chi connectivity index (χ3n) is 6.04. The first-order valence-electron chi connectivity index (χ1n) is 9.32. The van der Waals surface area contributed by atoms with E-state index < -0.39 is 29.3 Å². The first-order valence-corrected chi connectivity index (χ1v) is 9.32. The van der Waals surface area contributed by atoms with Crippen LogP contribution in [0.1, 0.15) is 31.7 Å². The Bertz CT molecular complexity index is 854. The van der Waals surface area contributed by atoms with Crippen LogP contribution in [0.15, 0.2) is 24.3 Å². The lowest BCUT2D eigenvalue weighted by Crippen LogP contribution is -2.99. The Morgan fingerprint density at radius 3 is 2.70 bits per heavy atom. The highest BCUT2D eigenvalue weighted by molar-refractivity contribution is 6.14. The summed E-state index contributed by atoms with van der Waals surface area (Å²) in [7, 11) is 0. The average Bonchev–Trinajstić information content (AvgIpc) is 3.19. The number of anilines is 1. The largest absolute Gasteiger partial charge is 0.369 e. The lowest BCUT2D eigenvalue weighted by Gasteiger charge is -2.26. The number of nitrogens with two attached hydrogens (primary N) is 2. The van der Waals surface area contributed by atoms with E-state index in [-0.39, 0.29) is 24.1 Å². The molecule has 142 valence electrons. The molecule has 1 aromatic rings. The Balaban J connectivity index is 1.83. The summed E-state index contributed by atoms with van der Waals surface area (Å²) in [4.78, 5) is 52.2. The van der Waals surface area contributed by atoms with Gasteiger partial charge in [0.25, 0.3) is 5.91 Å². The number of likely N-dealkylation sites (tertiary alicyclic amines) is 1. The third-order valence-corrected chi connectivity index (χ3v) is 6.04. The smallest absolute Gasteiger partial charge is 0.291 e. The highest BCUT2D eigenvalue weighted by Crippen LogP contribution is 2.49. The van der Waals surface area contributed by atoms with Crippen molar-refractivity contribution < 1.29 is 24.5 Å². The normalized spacial score (nSPS) is 31.4. The van der Waals surface area contributed by atoms with Crippen molar-refractivity contribution in [1.82, 2.24) is 4.90 Å². The van der Waals surface area contributed by atoms with Crippen molar-refractivity contribution in [2.45, 2.75) is 37.8 Å². The average molecular weight is 371 g/mol. The van der Waals surface area contributed by atoms with Crippen molar-refractivity contribution in [2.75, 3.05) is 11.9 Å². The molecule has 2 fully saturated rings. The number of hydrogen-bond acceptors (Lipinski definition) is 4. The Hall–Kier alpha value is -2.74. The van der Waals surface area contributed by atoms with Gasteiger partial charge in [0.1, 0.15) is 17.9 Å². The molecule has 5 N–H and O–H groups in total. The van der Waals surface area contributed by atoms with Crippen LogP contribution in [-0.2, 0) is 24.7 Å². The van der Waals surface area contributed by atoms with Crippen LogP contribution >= 0.6 is 0 Å². The van der Waals surface area contributed by atoms with Crippen LogP contribution in [0.5, 0.6) is 0 Å². The number of nitrogens with one attached hydrogen (secondary N) is 1. The number of carbonyl (C=O) groups excluding carboxylic acids is 4. The zero-order valence-corrected chi connectivity index (χ0v) is 15.1. The van der Waals surface area contributed by atoms with Gasteiger partial charge in [-0.05, 0) is 12.5 Å². The van der Waals surface area contributed by atoms with Gasteiger partial charge in [0, 0.05) is 12.1 Å². The minimum absolute atomic E-state index is 0.0565. The van der Waals surface area contributed by atoms with Crippen LogP contribution in [0.2, 0.25) is 0 Å². The maximum atomic E-state index is 13.2. The molecule has 8 heteroatoms. The minimum atomic E-state index is -1.23. The lowest BCUT2D eigenvalue weighted by atomic mass is 9.76. The molecule has 3 aliphatic heterocycles. The number of quaternary nitrogens is 1. The second-order valence-corrected chi connectivity index (χ2v) is 7.55. The van der Waals surface area contributed by atoms with Crippen molar-refractivity contribution in [3.05, 3.63) is 29.8 Å². The van der Waals surface area contributed by atoms with Crippen molar-refractivity contribution in [3.8, 4) is 0 Å². The van der Waals surface area contributed by atoms with Crippen LogP contribution in [0.3, 0.4) is 0 Å². The molecule has 3 aliphatic rings. The van der Waals surface area contributed by atoms with Crippen LogP contribution in [0.4, 0.5) is 5.69 Å². The molecule has 0 radical (unpaired) electrons. The van der Waals surface area contributed by atoms with E-state index in [0.29, 0.717) is 24.2 Å². The first-order chi connectivity index (χ1) is 12.9. The molecular formula is C19H23N4O4+. The highest BCUT2D eigenvalue weighted by atomic mass is 16.2. The Morgan fingerprint density at radius 1 is 1.26 bits per heavy atom. The zero-order valence-electron chi connectivity index (χ0n) is 15.1. The molecule has 3 heterocycles. The van der Waals surface area contributed by atoms with Crippen LogP contribution < -0.4 is 16.4 Å². The number of nitrogens with zero attached hydrogens (tertiary/aromatic N) is 1. The maximum Gasteiger partial charge on any atom is 0.291 e. The fourth-order valence-corrected chi connectivity index (χ4v) is 4.94. The van der Waals surface area contributed by atoms with Gasteiger partial charge in [-0.3, -0.25) is 24.1 Å². The Labute approximate surface area is 156 Å². The number of imide groups is 1. The third kappa shape index (κ3) is 2.32. The van der Waals surface area contributed by atoms with E-state index in [0.717, 1.165) is 6.42 Å². The summed E-state index contributed by atoms with van der Waals surface area (Å²) >= 11 is 0. The van der Waals surface area contributed by atoms with Gasteiger partial charge in [-0.25, -0.2) is 0 Å². The predicted molar refractivity (Wildman–Crippen MR) is 94.9 cm³/mol. The zero-order chi connectivity index (χ0) is 19.3.